The van der Waals surface area contributed by atoms with Gasteiger partial charge in [0.25, 0.3) is 0 Å². The Morgan fingerprint density at radius 2 is 1.07 bits per heavy atom. The molecule has 0 saturated carbocycles. The molecule has 2 rings (SSSR count). The molecule has 14 heteroatoms. The number of thioether (sulfide) groups is 2. The fourth-order valence-electron chi connectivity index (χ4n) is 3.55. The van der Waals surface area contributed by atoms with Crippen LogP contribution in [0, 0.1) is 0 Å². The maximum Gasteiger partial charge on any atom is 0.370 e. The lowest BCUT2D eigenvalue weighted by Crippen LogP contribution is -3.00. The molecular formula is C31H40Cl2N2O8S2. The number of allylic oxidation sites excluding steroid dienone is 2. The summed E-state index contributed by atoms with van der Waals surface area (Å²) in [5.74, 6) is 1.11. The number of esters is 2. The van der Waals surface area contributed by atoms with Gasteiger partial charge < -0.3 is 55.2 Å². The Kier molecular flexibility index (Phi) is 21.0. The first kappa shape index (κ1) is 42.0. The van der Waals surface area contributed by atoms with Gasteiger partial charge >= 0.3 is 11.9 Å². The fourth-order valence-corrected chi connectivity index (χ4v) is 4.59. The number of ketones is 2. The van der Waals surface area contributed by atoms with Crippen molar-refractivity contribution >= 4 is 59.2 Å². The molecule has 0 amide bonds. The molecule has 6 N–H and O–H groups in total. The average molecular weight is 704 g/mol. The van der Waals surface area contributed by atoms with E-state index in [2.05, 4.69) is 11.5 Å². The molecule has 0 spiro atoms. The van der Waals surface area contributed by atoms with Gasteiger partial charge in [-0.3, -0.25) is 9.59 Å². The summed E-state index contributed by atoms with van der Waals surface area (Å²) in [6, 6.07) is 8.78. The van der Waals surface area contributed by atoms with E-state index in [1.165, 1.54) is 26.4 Å². The summed E-state index contributed by atoms with van der Waals surface area (Å²) in [6.07, 6.45) is 10.5. The van der Waals surface area contributed by atoms with E-state index in [1.807, 2.05) is 12.5 Å². The predicted molar refractivity (Wildman–Crippen MR) is 169 cm³/mol. The van der Waals surface area contributed by atoms with Gasteiger partial charge in [-0.05, 0) is 71.6 Å². The first-order valence-electron chi connectivity index (χ1n) is 13.5. The van der Waals surface area contributed by atoms with Crippen molar-refractivity contribution in [3.05, 3.63) is 59.7 Å². The highest BCUT2D eigenvalue weighted by molar-refractivity contribution is 7.98. The number of quaternary nitrogens is 2. The Balaban J connectivity index is 0.00000968. The van der Waals surface area contributed by atoms with E-state index in [4.69, 9.17) is 18.9 Å². The van der Waals surface area contributed by atoms with Crippen LogP contribution in [-0.4, -0.2) is 73.8 Å². The van der Waals surface area contributed by atoms with E-state index in [0.29, 0.717) is 35.5 Å². The topological polar surface area (TPSA) is 160 Å². The summed E-state index contributed by atoms with van der Waals surface area (Å²) in [5.41, 5.74) is 8.95. The SMILES string of the molecule is COc1cc(/C=C/C(=O)CC(=O)/C=C/c2ccc(OC(=O)[C@@H]([NH3+])CCSC)c(OC)c2)ccc1OC(=O)[C@@H]([NH3+])CCSC.[Cl-].[Cl-]. The number of methoxy groups -OCH3 is 2. The van der Waals surface area contributed by atoms with Gasteiger partial charge in [-0.1, -0.05) is 24.3 Å². The maximum atomic E-state index is 12.4. The Morgan fingerprint density at radius 3 is 1.40 bits per heavy atom. The van der Waals surface area contributed by atoms with Crippen LogP contribution in [-0.2, 0) is 19.2 Å². The summed E-state index contributed by atoms with van der Waals surface area (Å²) >= 11 is 3.26. The van der Waals surface area contributed by atoms with Crippen molar-refractivity contribution in [1.82, 2.24) is 0 Å². The van der Waals surface area contributed by atoms with Gasteiger partial charge in [-0.25, -0.2) is 9.59 Å². The van der Waals surface area contributed by atoms with Gasteiger partial charge in [-0.15, -0.1) is 0 Å². The number of halogens is 2. The van der Waals surface area contributed by atoms with Crippen molar-refractivity contribution in [2.45, 2.75) is 31.3 Å². The molecule has 0 aromatic heterocycles. The Hall–Kier alpha value is -3.00. The molecule has 0 aliphatic carbocycles. The van der Waals surface area contributed by atoms with Crippen LogP contribution in [0.15, 0.2) is 48.6 Å². The van der Waals surface area contributed by atoms with Crippen molar-refractivity contribution in [2.24, 2.45) is 0 Å². The third-order valence-electron chi connectivity index (χ3n) is 6.08. The summed E-state index contributed by atoms with van der Waals surface area (Å²) in [4.78, 5) is 49.4. The highest BCUT2D eigenvalue weighted by Crippen LogP contribution is 2.30. The lowest BCUT2D eigenvalue weighted by molar-refractivity contribution is -0.407. The third-order valence-corrected chi connectivity index (χ3v) is 7.36. The van der Waals surface area contributed by atoms with Crippen LogP contribution < -0.4 is 55.2 Å². The molecular weight excluding hydrogens is 663 g/mol. The van der Waals surface area contributed by atoms with Crippen LogP contribution >= 0.6 is 23.5 Å². The molecule has 0 unspecified atom stereocenters. The second-order valence-electron chi connectivity index (χ2n) is 9.40. The molecule has 0 saturated heterocycles. The second-order valence-corrected chi connectivity index (χ2v) is 11.4. The fraction of sp³-hybridized carbons (Fsp3) is 0.355. The van der Waals surface area contributed by atoms with E-state index in [1.54, 1.807) is 72.1 Å². The van der Waals surface area contributed by atoms with Gasteiger partial charge in [0.15, 0.2) is 46.6 Å². The predicted octanol–water partition coefficient (Wildman–Crippen LogP) is -3.50. The first-order chi connectivity index (χ1) is 20.6. The quantitative estimate of drug-likeness (QED) is 0.0691. The Labute approximate surface area is 284 Å². The second kappa shape index (κ2) is 22.5. The van der Waals surface area contributed by atoms with Gasteiger partial charge in [0.2, 0.25) is 0 Å². The van der Waals surface area contributed by atoms with Gasteiger partial charge in [0.05, 0.1) is 20.6 Å². The van der Waals surface area contributed by atoms with Crippen LogP contribution in [0.4, 0.5) is 0 Å². The minimum Gasteiger partial charge on any atom is -1.00 e. The molecule has 2 aromatic carbocycles. The zero-order valence-corrected chi connectivity index (χ0v) is 28.9. The normalized spacial score (nSPS) is 12.0. The molecule has 0 aliphatic heterocycles. The molecule has 0 bridgehead atoms. The summed E-state index contributed by atoms with van der Waals surface area (Å²) < 4.78 is 21.6. The Morgan fingerprint density at radius 1 is 0.689 bits per heavy atom. The molecule has 2 atom stereocenters. The monoisotopic (exact) mass is 702 g/mol. The Bertz CT molecular complexity index is 1240. The lowest BCUT2D eigenvalue weighted by Gasteiger charge is -2.12. The number of carbonyl (C=O) groups excluding carboxylic acids is 4. The zero-order valence-electron chi connectivity index (χ0n) is 25.7. The van der Waals surface area contributed by atoms with Crippen molar-refractivity contribution in [2.75, 3.05) is 38.2 Å². The first-order valence-corrected chi connectivity index (χ1v) is 16.3. The van der Waals surface area contributed by atoms with Crippen LogP contribution in [0.5, 0.6) is 23.0 Å². The van der Waals surface area contributed by atoms with E-state index in [-0.39, 0.29) is 54.3 Å². The number of rotatable bonds is 18. The summed E-state index contributed by atoms with van der Waals surface area (Å²) in [7, 11) is 2.90. The largest absolute Gasteiger partial charge is 1.00 e. The van der Waals surface area contributed by atoms with Gasteiger partial charge in [0, 0.05) is 12.8 Å². The molecule has 0 heterocycles. The van der Waals surface area contributed by atoms with Crippen molar-refractivity contribution in [3.8, 4) is 23.0 Å². The number of benzene rings is 2. The molecule has 0 aliphatic rings. The third kappa shape index (κ3) is 14.8. The number of ether oxygens (including phenoxy) is 4. The maximum absolute atomic E-state index is 12.4. The van der Waals surface area contributed by atoms with Gasteiger partial charge in [-0.2, -0.15) is 23.5 Å². The number of carbonyl (C=O) groups is 4. The highest BCUT2D eigenvalue weighted by atomic mass is 35.5. The van der Waals surface area contributed by atoms with E-state index >= 15 is 0 Å². The molecule has 0 radical (unpaired) electrons. The minimum atomic E-state index is -0.492. The summed E-state index contributed by atoms with van der Waals surface area (Å²) in [5, 5.41) is 0. The number of hydrogen-bond donors (Lipinski definition) is 2. The minimum absolute atomic E-state index is 0. The lowest BCUT2D eigenvalue weighted by atomic mass is 10.1. The highest BCUT2D eigenvalue weighted by Gasteiger charge is 2.22. The standard InChI is InChI=1S/C31H38N2O8S2.2ClH/c1-38-28-17-20(7-11-26(28)40-30(36)24(32)13-15-42-3)5-9-22(34)19-23(35)10-6-21-8-12-27(29(18-21)39-2)41-31(37)25(33)14-16-43-4;;/h5-12,17-18,24-25H,13-16,19,32-33H2,1-4H3;2*1H/b9-5+,10-6+;;/t24-,25-;;/m0../s1. The van der Waals surface area contributed by atoms with Crippen molar-refractivity contribution in [3.63, 3.8) is 0 Å². The smallest absolute Gasteiger partial charge is 0.370 e. The summed E-state index contributed by atoms with van der Waals surface area (Å²) in [6.45, 7) is 0. The van der Waals surface area contributed by atoms with Crippen LogP contribution in [0.3, 0.4) is 0 Å². The molecule has 10 nitrogen and oxygen atoms in total. The molecule has 0 fully saturated rings. The molecule has 248 valence electrons. The molecule has 45 heavy (non-hydrogen) atoms. The van der Waals surface area contributed by atoms with E-state index < -0.39 is 24.0 Å². The van der Waals surface area contributed by atoms with E-state index in [0.717, 1.165) is 11.5 Å². The van der Waals surface area contributed by atoms with Crippen molar-refractivity contribution < 1.29 is 74.4 Å². The van der Waals surface area contributed by atoms with Crippen LogP contribution in [0.1, 0.15) is 30.4 Å². The van der Waals surface area contributed by atoms with Crippen LogP contribution in [0.25, 0.3) is 12.2 Å². The van der Waals surface area contributed by atoms with Gasteiger partial charge in [0.1, 0.15) is 0 Å². The van der Waals surface area contributed by atoms with Crippen molar-refractivity contribution in [1.29, 1.82) is 0 Å². The number of hydrogen-bond acceptors (Lipinski definition) is 10. The average Bonchev–Trinajstić information content (AvgIpc) is 3.01. The zero-order chi connectivity index (χ0) is 31.8. The molecule has 2 aromatic rings. The van der Waals surface area contributed by atoms with Crippen LogP contribution in [0.2, 0.25) is 0 Å². The van der Waals surface area contributed by atoms with E-state index in [9.17, 15) is 19.2 Å².